The number of aryl methyl sites for hydroxylation is 1. The van der Waals surface area contributed by atoms with Crippen LogP contribution in [0.2, 0.25) is 0 Å². The van der Waals surface area contributed by atoms with Gasteiger partial charge in [0.25, 0.3) is 5.91 Å². The maximum absolute atomic E-state index is 12.7. The fourth-order valence-electron chi connectivity index (χ4n) is 3.55. The van der Waals surface area contributed by atoms with Crippen LogP contribution in [-0.2, 0) is 0 Å². The number of nitrogens with one attached hydrogen (secondary N) is 3. The number of pyridine rings is 1. The standard InChI is InChI=1S/C29H24N6O2/c1-20-31-27(19-28(32-20)35-26-9-5-6-18-30-26)33-22-12-14-23(15-13-22)34-29(36)21-10-16-25(17-11-21)37-24-7-3-2-4-8-24/h2-19H,1H3,(H,34,36)(H2,30,31,32,33,35). The molecule has 0 atom stereocenters. The number of hydrogen-bond donors (Lipinski definition) is 3. The van der Waals surface area contributed by atoms with Gasteiger partial charge >= 0.3 is 0 Å². The van der Waals surface area contributed by atoms with Crippen molar-refractivity contribution >= 4 is 34.7 Å². The molecule has 0 aliphatic heterocycles. The number of ether oxygens (including phenoxy) is 1. The van der Waals surface area contributed by atoms with Crippen LogP contribution in [0.25, 0.3) is 0 Å². The number of nitrogens with zero attached hydrogens (tertiary/aromatic N) is 3. The second kappa shape index (κ2) is 11.0. The Bertz CT molecular complexity index is 1480. The van der Waals surface area contributed by atoms with Crippen molar-refractivity contribution in [2.75, 3.05) is 16.0 Å². The lowest BCUT2D eigenvalue weighted by Gasteiger charge is -2.11. The molecule has 5 rings (SSSR count). The normalized spacial score (nSPS) is 10.4. The van der Waals surface area contributed by atoms with Gasteiger partial charge in [0, 0.05) is 29.2 Å². The van der Waals surface area contributed by atoms with E-state index in [1.54, 1.807) is 30.5 Å². The van der Waals surface area contributed by atoms with Gasteiger partial charge in [-0.2, -0.15) is 0 Å². The first-order valence-electron chi connectivity index (χ1n) is 11.7. The van der Waals surface area contributed by atoms with Crippen LogP contribution in [0.1, 0.15) is 16.2 Å². The Hall–Kier alpha value is -5.24. The highest BCUT2D eigenvalue weighted by molar-refractivity contribution is 6.04. The summed E-state index contributed by atoms with van der Waals surface area (Å²) in [6.07, 6.45) is 1.71. The minimum Gasteiger partial charge on any atom is -0.457 e. The molecular formula is C29H24N6O2. The van der Waals surface area contributed by atoms with Crippen LogP contribution in [0.5, 0.6) is 11.5 Å². The van der Waals surface area contributed by atoms with Crippen LogP contribution >= 0.6 is 0 Å². The highest BCUT2D eigenvalue weighted by atomic mass is 16.5. The van der Waals surface area contributed by atoms with Gasteiger partial charge in [-0.25, -0.2) is 15.0 Å². The molecule has 0 aliphatic carbocycles. The van der Waals surface area contributed by atoms with Crippen LogP contribution < -0.4 is 20.7 Å². The first kappa shape index (κ1) is 23.5. The van der Waals surface area contributed by atoms with E-state index >= 15 is 0 Å². The van der Waals surface area contributed by atoms with Gasteiger partial charge in [0.05, 0.1) is 0 Å². The van der Waals surface area contributed by atoms with Crippen LogP contribution in [-0.4, -0.2) is 20.9 Å². The van der Waals surface area contributed by atoms with Gasteiger partial charge < -0.3 is 20.7 Å². The van der Waals surface area contributed by atoms with E-state index in [0.29, 0.717) is 40.3 Å². The van der Waals surface area contributed by atoms with Crippen molar-refractivity contribution in [3.63, 3.8) is 0 Å². The minimum absolute atomic E-state index is 0.205. The fourth-order valence-corrected chi connectivity index (χ4v) is 3.55. The Morgan fingerprint density at radius 1 is 0.676 bits per heavy atom. The Morgan fingerprint density at radius 2 is 1.32 bits per heavy atom. The van der Waals surface area contributed by atoms with E-state index < -0.39 is 0 Å². The Balaban J connectivity index is 1.19. The van der Waals surface area contributed by atoms with Crippen molar-refractivity contribution in [3.05, 3.63) is 121 Å². The van der Waals surface area contributed by atoms with E-state index in [9.17, 15) is 4.79 Å². The summed E-state index contributed by atoms with van der Waals surface area (Å²) in [5.74, 6) is 3.79. The van der Waals surface area contributed by atoms with E-state index in [1.807, 2.05) is 85.8 Å². The van der Waals surface area contributed by atoms with Crippen LogP contribution in [0.15, 0.2) is 109 Å². The highest BCUT2D eigenvalue weighted by Crippen LogP contribution is 2.23. The highest BCUT2D eigenvalue weighted by Gasteiger charge is 2.08. The molecule has 37 heavy (non-hydrogen) atoms. The van der Waals surface area contributed by atoms with Crippen molar-refractivity contribution in [3.8, 4) is 11.5 Å². The van der Waals surface area contributed by atoms with E-state index in [2.05, 4.69) is 30.9 Å². The van der Waals surface area contributed by atoms with Gasteiger partial charge in [-0.15, -0.1) is 0 Å². The molecule has 1 amide bonds. The summed E-state index contributed by atoms with van der Waals surface area (Å²) in [5.41, 5.74) is 2.03. The van der Waals surface area contributed by atoms with E-state index in [4.69, 9.17) is 4.74 Å². The maximum atomic E-state index is 12.7. The molecule has 8 nitrogen and oxygen atoms in total. The summed E-state index contributed by atoms with van der Waals surface area (Å²) in [5, 5.41) is 9.36. The number of carbonyl (C=O) groups is 1. The lowest BCUT2D eigenvalue weighted by atomic mass is 10.2. The molecule has 0 saturated heterocycles. The molecule has 0 radical (unpaired) electrons. The van der Waals surface area contributed by atoms with Crippen LogP contribution in [0.3, 0.4) is 0 Å². The average molecular weight is 489 g/mol. The molecule has 0 bridgehead atoms. The second-order valence-corrected chi connectivity index (χ2v) is 8.12. The maximum Gasteiger partial charge on any atom is 0.255 e. The van der Waals surface area contributed by atoms with Crippen LogP contribution in [0.4, 0.5) is 28.8 Å². The summed E-state index contributed by atoms with van der Waals surface area (Å²) in [6.45, 7) is 1.83. The Labute approximate surface area is 214 Å². The number of anilines is 5. The third-order valence-electron chi connectivity index (χ3n) is 5.27. The molecule has 0 unspecified atom stereocenters. The number of para-hydroxylation sites is 1. The van der Waals surface area contributed by atoms with Crippen molar-refractivity contribution < 1.29 is 9.53 Å². The fraction of sp³-hybridized carbons (Fsp3) is 0.0345. The first-order valence-corrected chi connectivity index (χ1v) is 11.7. The first-order chi connectivity index (χ1) is 18.1. The molecule has 8 heteroatoms. The van der Waals surface area contributed by atoms with Crippen molar-refractivity contribution in [1.82, 2.24) is 15.0 Å². The number of hydrogen-bond acceptors (Lipinski definition) is 7. The molecule has 2 heterocycles. The number of amides is 1. The molecule has 0 spiro atoms. The lowest BCUT2D eigenvalue weighted by Crippen LogP contribution is -2.11. The van der Waals surface area contributed by atoms with Crippen molar-refractivity contribution in [2.24, 2.45) is 0 Å². The number of aromatic nitrogens is 3. The number of carbonyl (C=O) groups excluding carboxylic acids is 1. The third-order valence-corrected chi connectivity index (χ3v) is 5.27. The summed E-state index contributed by atoms with van der Waals surface area (Å²) in [7, 11) is 0. The molecule has 3 N–H and O–H groups in total. The second-order valence-electron chi connectivity index (χ2n) is 8.12. The van der Waals surface area contributed by atoms with Gasteiger partial charge in [0.15, 0.2) is 0 Å². The van der Waals surface area contributed by atoms with Gasteiger partial charge in [-0.1, -0.05) is 24.3 Å². The molecule has 0 fully saturated rings. The Kier molecular flexibility index (Phi) is 6.99. The molecule has 0 saturated carbocycles. The zero-order valence-corrected chi connectivity index (χ0v) is 20.1. The summed E-state index contributed by atoms with van der Waals surface area (Å²) >= 11 is 0. The molecule has 5 aromatic rings. The number of rotatable bonds is 8. The van der Waals surface area contributed by atoms with E-state index in [-0.39, 0.29) is 5.91 Å². The van der Waals surface area contributed by atoms with E-state index in [1.165, 1.54) is 0 Å². The van der Waals surface area contributed by atoms with Gasteiger partial charge in [-0.05, 0) is 79.7 Å². The van der Waals surface area contributed by atoms with Gasteiger partial charge in [0.1, 0.15) is 34.8 Å². The molecule has 2 aromatic heterocycles. The quantitative estimate of drug-likeness (QED) is 0.223. The number of benzene rings is 3. The van der Waals surface area contributed by atoms with Crippen molar-refractivity contribution in [1.29, 1.82) is 0 Å². The average Bonchev–Trinajstić information content (AvgIpc) is 2.91. The smallest absolute Gasteiger partial charge is 0.255 e. The third kappa shape index (κ3) is 6.46. The Morgan fingerprint density at radius 3 is 2.03 bits per heavy atom. The predicted molar refractivity (Wildman–Crippen MR) is 145 cm³/mol. The topological polar surface area (TPSA) is 101 Å². The SMILES string of the molecule is Cc1nc(Nc2ccc(NC(=O)c3ccc(Oc4ccccc4)cc3)cc2)cc(Nc2ccccn2)n1. The zero-order chi connectivity index (χ0) is 25.5. The molecular weight excluding hydrogens is 464 g/mol. The van der Waals surface area contributed by atoms with Gasteiger partial charge in [-0.3, -0.25) is 4.79 Å². The minimum atomic E-state index is -0.205. The van der Waals surface area contributed by atoms with Crippen molar-refractivity contribution in [2.45, 2.75) is 6.92 Å². The zero-order valence-electron chi connectivity index (χ0n) is 20.1. The molecule has 3 aromatic carbocycles. The summed E-state index contributed by atoms with van der Waals surface area (Å²) in [4.78, 5) is 25.8. The summed E-state index contributed by atoms with van der Waals surface area (Å²) in [6, 6.07) is 31.3. The van der Waals surface area contributed by atoms with Crippen LogP contribution in [0, 0.1) is 6.92 Å². The van der Waals surface area contributed by atoms with E-state index in [0.717, 1.165) is 11.4 Å². The predicted octanol–water partition coefficient (Wildman–Crippen LogP) is 6.71. The largest absolute Gasteiger partial charge is 0.457 e. The van der Waals surface area contributed by atoms with Gasteiger partial charge in [0.2, 0.25) is 0 Å². The molecule has 0 aliphatic rings. The lowest BCUT2D eigenvalue weighted by molar-refractivity contribution is 0.102. The monoisotopic (exact) mass is 488 g/mol. The summed E-state index contributed by atoms with van der Waals surface area (Å²) < 4.78 is 5.78. The molecule has 182 valence electrons.